The fourth-order valence-corrected chi connectivity index (χ4v) is 5.74. The Balaban J connectivity index is 0.00000288. The van der Waals surface area contributed by atoms with Crippen LogP contribution < -0.4 is 18.9 Å². The number of halogens is 4. The first kappa shape index (κ1) is 42.6. The Morgan fingerprint density at radius 2 is 1.06 bits per heavy atom. The molecule has 5 rings (SSSR count). The molecule has 2 N–H and O–H groups in total. The Hall–Kier alpha value is -3.38. The van der Waals surface area contributed by atoms with Crippen LogP contribution in [0.3, 0.4) is 0 Å². The summed E-state index contributed by atoms with van der Waals surface area (Å²) in [5.74, 6) is 1.34. The third-order valence-corrected chi connectivity index (χ3v) is 8.22. The summed E-state index contributed by atoms with van der Waals surface area (Å²) in [5.41, 5.74) is 5.58. The fourth-order valence-electron chi connectivity index (χ4n) is 5.74. The van der Waals surface area contributed by atoms with Gasteiger partial charge in [-0.15, -0.1) is 49.6 Å². The molecule has 48 heavy (non-hydrogen) atoms. The van der Waals surface area contributed by atoms with Gasteiger partial charge in [-0.05, 0) is 92.6 Å². The van der Waals surface area contributed by atoms with Gasteiger partial charge in [-0.25, -0.2) is 0 Å². The number of methoxy groups -OCH3 is 4. The normalized spacial score (nSPS) is 12.9. The van der Waals surface area contributed by atoms with E-state index < -0.39 is 0 Å². The quantitative estimate of drug-likeness (QED) is 0.166. The summed E-state index contributed by atoms with van der Waals surface area (Å²) in [6.45, 7) is 3.65. The molecule has 1 fully saturated rings. The maximum atomic E-state index is 10.3. The highest BCUT2D eigenvalue weighted by Gasteiger charge is 2.23. The van der Waals surface area contributed by atoms with Gasteiger partial charge in [0.25, 0.3) is 0 Å². The lowest BCUT2D eigenvalue weighted by Crippen LogP contribution is -2.42. The average molecular weight is 747 g/mol. The fraction of sp³-hybridized carbons (Fsp3) is 0.353. The minimum Gasteiger partial charge on any atom is -0.502 e. The summed E-state index contributed by atoms with van der Waals surface area (Å²) in [6, 6.07) is 15.8. The van der Waals surface area contributed by atoms with Gasteiger partial charge in [0, 0.05) is 42.7 Å². The summed E-state index contributed by atoms with van der Waals surface area (Å²) >= 11 is 0. The topological polar surface area (TPSA) is 110 Å². The molecule has 10 nitrogen and oxygen atoms in total. The third-order valence-electron chi connectivity index (χ3n) is 8.22. The number of piperidine rings is 1. The highest BCUT2D eigenvalue weighted by atomic mass is 35.5. The highest BCUT2D eigenvalue weighted by Crippen LogP contribution is 2.41. The molecule has 0 bridgehead atoms. The van der Waals surface area contributed by atoms with E-state index in [1.54, 1.807) is 24.3 Å². The van der Waals surface area contributed by atoms with Crippen molar-refractivity contribution < 1.29 is 29.2 Å². The number of benzene rings is 2. The summed E-state index contributed by atoms with van der Waals surface area (Å²) in [4.78, 5) is 14.0. The number of pyridine rings is 2. The molecule has 2 aromatic heterocycles. The number of nitrogens with zero attached hydrogens (tertiary/aromatic N) is 4. The summed E-state index contributed by atoms with van der Waals surface area (Å²) in [7, 11) is 8.25. The SMILES string of the molecule is COc1cc(-c2cc(CN3CCC(N(C)Cc4ccnc(-c5cc(OC)c(O)c(OC)c5)c4)CC3)ccn2)cc(OC)c1O.Cl.Cl.Cl.Cl. The van der Waals surface area contributed by atoms with E-state index in [0.29, 0.717) is 29.0 Å². The first-order valence-electron chi connectivity index (χ1n) is 14.6. The monoisotopic (exact) mass is 744 g/mol. The number of likely N-dealkylation sites (tertiary alicyclic amines) is 1. The van der Waals surface area contributed by atoms with Gasteiger partial charge < -0.3 is 29.2 Å². The summed E-state index contributed by atoms with van der Waals surface area (Å²) in [6.07, 6.45) is 5.79. The standard InChI is InChI=1S/C34H40N4O6.4ClH/c1-37(20-22-6-10-35-27(14-22)24-16-29(41-2)33(39)30(17-24)42-3)26-8-12-38(13-9-26)21-23-7-11-36-28(15-23)25-18-31(43-4)34(40)32(19-25)44-5;;;;/h6-7,10-11,14-19,26,39-40H,8-9,12-13,20-21H2,1-5H3;4*1H. The number of aromatic nitrogens is 2. The molecule has 1 aliphatic rings. The van der Waals surface area contributed by atoms with Crippen molar-refractivity contribution in [1.82, 2.24) is 19.8 Å². The number of ether oxygens (including phenoxy) is 4. The number of aromatic hydroxyl groups is 2. The van der Waals surface area contributed by atoms with E-state index in [1.165, 1.54) is 34.0 Å². The second-order valence-corrected chi connectivity index (χ2v) is 11.0. The van der Waals surface area contributed by atoms with Crippen LogP contribution in [0.15, 0.2) is 60.9 Å². The zero-order valence-corrected chi connectivity index (χ0v) is 30.8. The van der Waals surface area contributed by atoms with Gasteiger partial charge in [0.05, 0.1) is 39.8 Å². The maximum Gasteiger partial charge on any atom is 0.200 e. The molecular weight excluding hydrogens is 702 g/mol. The summed E-state index contributed by atoms with van der Waals surface area (Å²) < 4.78 is 21.3. The molecule has 264 valence electrons. The molecule has 2 aromatic carbocycles. The Labute approximate surface area is 307 Å². The first-order chi connectivity index (χ1) is 21.3. The Kier molecular flexibility index (Phi) is 17.4. The molecule has 1 saturated heterocycles. The molecule has 14 heteroatoms. The van der Waals surface area contributed by atoms with Crippen molar-refractivity contribution in [1.29, 1.82) is 0 Å². The van der Waals surface area contributed by atoms with Crippen LogP contribution in [0.25, 0.3) is 22.5 Å². The molecule has 0 aliphatic carbocycles. The van der Waals surface area contributed by atoms with Gasteiger partial charge >= 0.3 is 0 Å². The van der Waals surface area contributed by atoms with E-state index in [2.05, 4.69) is 45.0 Å². The first-order valence-corrected chi connectivity index (χ1v) is 14.6. The van der Waals surface area contributed by atoms with Gasteiger partial charge in [0.2, 0.25) is 11.5 Å². The molecule has 0 radical (unpaired) electrons. The Bertz CT molecular complexity index is 1560. The predicted octanol–water partition coefficient (Wildman–Crippen LogP) is 7.04. The van der Waals surface area contributed by atoms with Crippen molar-refractivity contribution in [3.8, 4) is 57.0 Å². The predicted molar refractivity (Wildman–Crippen MR) is 198 cm³/mol. The maximum absolute atomic E-state index is 10.3. The van der Waals surface area contributed by atoms with Gasteiger partial charge in [-0.3, -0.25) is 19.8 Å². The van der Waals surface area contributed by atoms with Gasteiger partial charge in [0.1, 0.15) is 0 Å². The minimum atomic E-state index is -0.0241. The molecule has 0 amide bonds. The van der Waals surface area contributed by atoms with Crippen LogP contribution in [0.2, 0.25) is 0 Å². The number of phenols is 2. The minimum absolute atomic E-state index is 0. The van der Waals surface area contributed by atoms with Gasteiger partial charge in [-0.1, -0.05) is 0 Å². The van der Waals surface area contributed by atoms with Crippen LogP contribution in [0, 0.1) is 0 Å². The molecule has 3 heterocycles. The Morgan fingerprint density at radius 1 is 0.667 bits per heavy atom. The number of hydrogen-bond acceptors (Lipinski definition) is 10. The van der Waals surface area contributed by atoms with Crippen LogP contribution in [-0.4, -0.2) is 84.6 Å². The molecule has 0 atom stereocenters. The van der Waals surface area contributed by atoms with E-state index in [4.69, 9.17) is 18.9 Å². The molecule has 0 saturated carbocycles. The van der Waals surface area contributed by atoms with Crippen LogP contribution in [-0.2, 0) is 13.1 Å². The molecule has 4 aromatic rings. The van der Waals surface area contributed by atoms with Crippen molar-refractivity contribution in [2.75, 3.05) is 48.6 Å². The highest BCUT2D eigenvalue weighted by molar-refractivity contribution is 5.86. The van der Waals surface area contributed by atoms with Gasteiger partial charge in [0.15, 0.2) is 23.0 Å². The summed E-state index contributed by atoms with van der Waals surface area (Å²) in [5, 5.41) is 20.6. The molecule has 0 spiro atoms. The third kappa shape index (κ3) is 9.84. The lowest BCUT2D eigenvalue weighted by molar-refractivity contribution is 0.119. The molecule has 1 aliphatic heterocycles. The smallest absolute Gasteiger partial charge is 0.200 e. The zero-order chi connectivity index (χ0) is 31.2. The van der Waals surface area contributed by atoms with Crippen LogP contribution in [0.4, 0.5) is 0 Å². The van der Waals surface area contributed by atoms with E-state index >= 15 is 0 Å². The number of rotatable bonds is 11. The van der Waals surface area contributed by atoms with E-state index in [-0.39, 0.29) is 61.1 Å². The van der Waals surface area contributed by atoms with Crippen molar-refractivity contribution in [3.05, 3.63) is 72.1 Å². The Morgan fingerprint density at radius 3 is 1.48 bits per heavy atom. The number of hydrogen-bond donors (Lipinski definition) is 2. The van der Waals surface area contributed by atoms with Crippen molar-refractivity contribution >= 4 is 49.6 Å². The van der Waals surface area contributed by atoms with Gasteiger partial charge in [-0.2, -0.15) is 0 Å². The molecular formula is C34H44Cl4N4O6. The average Bonchev–Trinajstić information content (AvgIpc) is 3.05. The number of phenolic OH excluding ortho intramolecular Hbond substituents is 2. The van der Waals surface area contributed by atoms with Crippen LogP contribution >= 0.6 is 49.6 Å². The molecule has 0 unspecified atom stereocenters. The second-order valence-electron chi connectivity index (χ2n) is 11.0. The van der Waals surface area contributed by atoms with E-state index in [0.717, 1.165) is 67.1 Å². The zero-order valence-electron chi connectivity index (χ0n) is 27.5. The van der Waals surface area contributed by atoms with Crippen molar-refractivity contribution in [3.63, 3.8) is 0 Å². The lowest BCUT2D eigenvalue weighted by atomic mass is 10.0. The van der Waals surface area contributed by atoms with E-state index in [9.17, 15) is 10.2 Å². The lowest BCUT2D eigenvalue weighted by Gasteiger charge is -2.37. The van der Waals surface area contributed by atoms with Crippen LogP contribution in [0.1, 0.15) is 24.0 Å². The second kappa shape index (κ2) is 19.6. The van der Waals surface area contributed by atoms with Crippen molar-refractivity contribution in [2.45, 2.75) is 32.0 Å². The largest absolute Gasteiger partial charge is 0.502 e. The van der Waals surface area contributed by atoms with Crippen molar-refractivity contribution in [2.24, 2.45) is 0 Å². The van der Waals surface area contributed by atoms with E-state index in [1.807, 2.05) is 18.5 Å². The van der Waals surface area contributed by atoms with Crippen LogP contribution in [0.5, 0.6) is 34.5 Å².